The predicted molar refractivity (Wildman–Crippen MR) is 60.1 cm³/mol. The lowest BCUT2D eigenvalue weighted by atomic mass is 9.75. The predicted octanol–water partition coefficient (Wildman–Crippen LogP) is 3.51. The number of ketones is 1. The molecule has 1 heteroatoms. The molecule has 0 spiro atoms. The Labute approximate surface area is 86.9 Å². The van der Waals surface area contributed by atoms with Gasteiger partial charge in [0, 0.05) is 6.42 Å². The molecule has 0 bridgehead atoms. The first-order chi connectivity index (χ1) is 6.48. The second kappa shape index (κ2) is 4.12. The summed E-state index contributed by atoms with van der Waals surface area (Å²) in [7, 11) is 0. The number of rotatable bonds is 3. The van der Waals surface area contributed by atoms with Gasteiger partial charge in [0.05, 0.1) is 0 Å². The van der Waals surface area contributed by atoms with Crippen molar-refractivity contribution in [3.63, 3.8) is 0 Å². The van der Waals surface area contributed by atoms with Crippen LogP contribution in [-0.2, 0) is 4.79 Å². The van der Waals surface area contributed by atoms with Gasteiger partial charge < -0.3 is 0 Å². The zero-order valence-electron chi connectivity index (χ0n) is 9.63. The molecule has 1 atom stereocenters. The average Bonchev–Trinajstić information content (AvgIpc) is 2.32. The van der Waals surface area contributed by atoms with Crippen molar-refractivity contribution in [1.82, 2.24) is 0 Å². The average molecular weight is 192 g/mol. The molecule has 1 nitrogen and oxygen atoms in total. The summed E-state index contributed by atoms with van der Waals surface area (Å²) in [5.74, 6) is 0.750. The van der Waals surface area contributed by atoms with Crippen LogP contribution in [0.2, 0.25) is 0 Å². The topological polar surface area (TPSA) is 17.1 Å². The van der Waals surface area contributed by atoms with E-state index in [1.165, 1.54) is 5.57 Å². The fraction of sp³-hybridized carbons (Fsp3) is 0.615. The summed E-state index contributed by atoms with van der Waals surface area (Å²) in [6.07, 6.45) is 7.52. The lowest BCUT2D eigenvalue weighted by Crippen LogP contribution is -2.22. The summed E-state index contributed by atoms with van der Waals surface area (Å²) in [6, 6.07) is 0. The highest BCUT2D eigenvalue weighted by molar-refractivity contribution is 5.89. The van der Waals surface area contributed by atoms with Crippen molar-refractivity contribution < 1.29 is 4.79 Å². The normalized spacial score (nSPS) is 25.4. The third-order valence-electron chi connectivity index (χ3n) is 3.55. The second-order valence-corrected chi connectivity index (χ2v) is 4.71. The van der Waals surface area contributed by atoms with E-state index in [9.17, 15) is 4.79 Å². The summed E-state index contributed by atoms with van der Waals surface area (Å²) in [4.78, 5) is 11.5. The van der Waals surface area contributed by atoms with Gasteiger partial charge in [-0.05, 0) is 37.7 Å². The third kappa shape index (κ3) is 2.14. The molecular formula is C13H20O. The Balaban J connectivity index is 2.62. The Morgan fingerprint density at radius 1 is 1.64 bits per heavy atom. The van der Waals surface area contributed by atoms with E-state index in [-0.39, 0.29) is 11.2 Å². The van der Waals surface area contributed by atoms with Crippen molar-refractivity contribution in [2.24, 2.45) is 11.3 Å². The molecule has 0 fully saturated rings. The number of allylic oxidation sites excluding steroid dienone is 4. The molecule has 14 heavy (non-hydrogen) atoms. The van der Waals surface area contributed by atoms with E-state index in [1.54, 1.807) is 6.08 Å². The highest BCUT2D eigenvalue weighted by Crippen LogP contribution is 2.44. The largest absolute Gasteiger partial charge is 0.295 e. The minimum atomic E-state index is 0.206. The van der Waals surface area contributed by atoms with Crippen LogP contribution in [0.3, 0.4) is 0 Å². The lowest BCUT2D eigenvalue weighted by Gasteiger charge is -2.28. The molecule has 0 aromatic carbocycles. The smallest absolute Gasteiger partial charge is 0.155 e. The molecule has 0 aromatic heterocycles. The monoisotopic (exact) mass is 192 g/mol. The maximum Gasteiger partial charge on any atom is 0.155 e. The van der Waals surface area contributed by atoms with E-state index in [4.69, 9.17) is 0 Å². The molecule has 0 saturated carbocycles. The van der Waals surface area contributed by atoms with Crippen LogP contribution in [0, 0.1) is 11.3 Å². The fourth-order valence-electron chi connectivity index (χ4n) is 2.03. The van der Waals surface area contributed by atoms with Gasteiger partial charge in [-0.1, -0.05) is 31.6 Å². The van der Waals surface area contributed by atoms with Crippen molar-refractivity contribution in [2.75, 3.05) is 0 Å². The van der Waals surface area contributed by atoms with Crippen LogP contribution in [0.15, 0.2) is 23.8 Å². The van der Waals surface area contributed by atoms with Gasteiger partial charge in [-0.3, -0.25) is 4.79 Å². The number of carbonyl (C=O) groups is 1. The molecule has 1 aliphatic carbocycles. The number of carbonyl (C=O) groups excluding carboxylic acids is 1. The van der Waals surface area contributed by atoms with Gasteiger partial charge in [-0.25, -0.2) is 0 Å². The van der Waals surface area contributed by atoms with E-state index in [0.717, 1.165) is 6.42 Å². The quantitative estimate of drug-likeness (QED) is 0.494. The molecule has 0 amide bonds. The van der Waals surface area contributed by atoms with Crippen LogP contribution in [0.5, 0.6) is 0 Å². The summed E-state index contributed by atoms with van der Waals surface area (Å²) < 4.78 is 0. The van der Waals surface area contributed by atoms with Crippen molar-refractivity contribution in [1.29, 1.82) is 0 Å². The number of hydrogen-bond donors (Lipinski definition) is 0. The van der Waals surface area contributed by atoms with Gasteiger partial charge in [-0.15, -0.1) is 0 Å². The van der Waals surface area contributed by atoms with E-state index < -0.39 is 0 Å². The van der Waals surface area contributed by atoms with Gasteiger partial charge >= 0.3 is 0 Å². The fourth-order valence-corrected chi connectivity index (χ4v) is 2.03. The summed E-state index contributed by atoms with van der Waals surface area (Å²) in [5, 5.41) is 0. The van der Waals surface area contributed by atoms with Crippen LogP contribution in [0.4, 0.5) is 0 Å². The third-order valence-corrected chi connectivity index (χ3v) is 3.55. The Kier molecular flexibility index (Phi) is 3.30. The first-order valence-electron chi connectivity index (χ1n) is 5.31. The molecule has 0 aliphatic heterocycles. The minimum absolute atomic E-state index is 0.206. The van der Waals surface area contributed by atoms with Crippen molar-refractivity contribution in [3.8, 4) is 0 Å². The maximum absolute atomic E-state index is 11.5. The Morgan fingerprint density at radius 2 is 2.29 bits per heavy atom. The van der Waals surface area contributed by atoms with Crippen molar-refractivity contribution >= 4 is 5.78 Å². The Hall–Kier alpha value is -0.850. The molecule has 1 rings (SSSR count). The lowest BCUT2D eigenvalue weighted by molar-refractivity contribution is -0.116. The molecule has 1 unspecified atom stereocenters. The van der Waals surface area contributed by atoms with Crippen LogP contribution < -0.4 is 0 Å². The second-order valence-electron chi connectivity index (χ2n) is 4.71. The molecular weight excluding hydrogens is 172 g/mol. The summed E-state index contributed by atoms with van der Waals surface area (Å²) in [6.45, 7) is 8.53. The van der Waals surface area contributed by atoms with Crippen molar-refractivity contribution in [3.05, 3.63) is 23.8 Å². The molecule has 0 aromatic rings. The standard InChI is InChI=1S/C13H20O/c1-5-6-12(14)9-11-8-7-10(2)13(11,3)4/h5-7,11H,8-9H2,1-4H3. The highest BCUT2D eigenvalue weighted by atomic mass is 16.1. The van der Waals surface area contributed by atoms with Crippen LogP contribution in [0.1, 0.15) is 40.5 Å². The zero-order valence-corrected chi connectivity index (χ0v) is 9.63. The first-order valence-corrected chi connectivity index (χ1v) is 5.31. The summed E-state index contributed by atoms with van der Waals surface area (Å²) in [5.41, 5.74) is 1.63. The molecule has 0 heterocycles. The molecule has 1 aliphatic rings. The van der Waals surface area contributed by atoms with Gasteiger partial charge in [0.15, 0.2) is 5.78 Å². The molecule has 78 valence electrons. The molecule has 0 N–H and O–H groups in total. The van der Waals surface area contributed by atoms with E-state index in [0.29, 0.717) is 12.3 Å². The van der Waals surface area contributed by atoms with E-state index in [1.807, 2.05) is 13.0 Å². The van der Waals surface area contributed by atoms with E-state index >= 15 is 0 Å². The van der Waals surface area contributed by atoms with Crippen molar-refractivity contribution in [2.45, 2.75) is 40.5 Å². The van der Waals surface area contributed by atoms with Gasteiger partial charge in [-0.2, -0.15) is 0 Å². The molecule has 0 radical (unpaired) electrons. The van der Waals surface area contributed by atoms with Gasteiger partial charge in [0.2, 0.25) is 0 Å². The van der Waals surface area contributed by atoms with Crippen LogP contribution >= 0.6 is 0 Å². The maximum atomic E-state index is 11.5. The summed E-state index contributed by atoms with van der Waals surface area (Å²) >= 11 is 0. The SMILES string of the molecule is CC=CC(=O)CC1CC=C(C)C1(C)C. The zero-order chi connectivity index (χ0) is 10.8. The Bertz CT molecular complexity index is 282. The molecule has 0 saturated heterocycles. The highest BCUT2D eigenvalue weighted by Gasteiger charge is 2.35. The van der Waals surface area contributed by atoms with Crippen LogP contribution in [-0.4, -0.2) is 5.78 Å². The Morgan fingerprint density at radius 3 is 2.71 bits per heavy atom. The first kappa shape index (κ1) is 11.2. The van der Waals surface area contributed by atoms with Crippen LogP contribution in [0.25, 0.3) is 0 Å². The van der Waals surface area contributed by atoms with Gasteiger partial charge in [0.25, 0.3) is 0 Å². The minimum Gasteiger partial charge on any atom is -0.295 e. The number of hydrogen-bond acceptors (Lipinski definition) is 1. The van der Waals surface area contributed by atoms with E-state index in [2.05, 4.69) is 26.8 Å². The van der Waals surface area contributed by atoms with Gasteiger partial charge in [0.1, 0.15) is 0 Å².